The van der Waals surface area contributed by atoms with E-state index in [9.17, 15) is 5.11 Å². The Bertz CT molecular complexity index is 251. The minimum absolute atomic E-state index is 0.254. The van der Waals surface area contributed by atoms with E-state index in [-0.39, 0.29) is 17.8 Å². The van der Waals surface area contributed by atoms with E-state index in [1.807, 2.05) is 19.1 Å². The quantitative estimate of drug-likeness (QED) is 0.746. The molecule has 2 heteroatoms. The first-order valence-corrected chi connectivity index (χ1v) is 4.55. The Kier molecular flexibility index (Phi) is 3.32. The number of phenols is 1. The van der Waals surface area contributed by atoms with E-state index in [2.05, 4.69) is 0 Å². The van der Waals surface area contributed by atoms with Crippen LogP contribution in [0.15, 0.2) is 24.3 Å². The van der Waals surface area contributed by atoms with E-state index in [1.165, 1.54) is 0 Å². The van der Waals surface area contributed by atoms with Crippen molar-refractivity contribution in [2.24, 2.45) is 5.92 Å². The number of aromatic hydroxyl groups is 1. The van der Waals surface area contributed by atoms with Gasteiger partial charge in [0.2, 0.25) is 0 Å². The zero-order valence-electron chi connectivity index (χ0n) is 8.07. The Labute approximate surface area is 78.8 Å². The fraction of sp³-hybridized carbons (Fsp3) is 0.455. The van der Waals surface area contributed by atoms with Crippen molar-refractivity contribution in [2.75, 3.05) is 0 Å². The summed E-state index contributed by atoms with van der Waals surface area (Å²) in [4.78, 5) is 0. The molecule has 2 N–H and O–H groups in total. The first kappa shape index (κ1) is 10.1. The van der Waals surface area contributed by atoms with Gasteiger partial charge in [0, 0.05) is 0 Å². The largest absolute Gasteiger partial charge is 0.508 e. The summed E-state index contributed by atoms with van der Waals surface area (Å²) in [6.07, 6.45) is 0.562. The third-order valence-corrected chi connectivity index (χ3v) is 2.32. The molecule has 0 radical (unpaired) electrons. The van der Waals surface area contributed by atoms with Crippen LogP contribution in [-0.2, 0) is 6.42 Å². The van der Waals surface area contributed by atoms with Gasteiger partial charge < -0.3 is 10.2 Å². The van der Waals surface area contributed by atoms with Crippen molar-refractivity contribution < 1.29 is 10.2 Å². The van der Waals surface area contributed by atoms with Gasteiger partial charge in [0.05, 0.1) is 6.10 Å². The third-order valence-electron chi connectivity index (χ3n) is 2.32. The highest BCUT2D eigenvalue weighted by molar-refractivity contribution is 5.26. The lowest BCUT2D eigenvalue weighted by molar-refractivity contribution is 0.135. The normalized spacial score (nSPS) is 15.3. The molecule has 0 saturated carbocycles. The summed E-state index contributed by atoms with van der Waals surface area (Å²) in [7, 11) is 0. The molecule has 2 nitrogen and oxygen atoms in total. The van der Waals surface area contributed by atoms with Crippen LogP contribution in [0.5, 0.6) is 5.75 Å². The van der Waals surface area contributed by atoms with E-state index in [1.54, 1.807) is 19.1 Å². The van der Waals surface area contributed by atoms with Gasteiger partial charge in [-0.1, -0.05) is 19.1 Å². The van der Waals surface area contributed by atoms with Gasteiger partial charge in [0.15, 0.2) is 0 Å². The van der Waals surface area contributed by atoms with Gasteiger partial charge in [-0.3, -0.25) is 0 Å². The molecule has 0 spiro atoms. The lowest BCUT2D eigenvalue weighted by Gasteiger charge is -2.14. The maximum atomic E-state index is 9.29. The van der Waals surface area contributed by atoms with Gasteiger partial charge in [0.25, 0.3) is 0 Å². The molecule has 0 bridgehead atoms. The fourth-order valence-electron chi connectivity index (χ4n) is 1.17. The molecule has 0 fully saturated rings. The SMILES string of the molecule is C[C@H](O)[C@@H](C)Cc1ccc(O)cc1. The summed E-state index contributed by atoms with van der Waals surface area (Å²) >= 11 is 0. The Hall–Kier alpha value is -1.02. The molecule has 0 aliphatic rings. The second-order valence-corrected chi connectivity index (χ2v) is 3.59. The highest BCUT2D eigenvalue weighted by atomic mass is 16.3. The highest BCUT2D eigenvalue weighted by Gasteiger charge is 2.08. The van der Waals surface area contributed by atoms with Crippen LogP contribution in [0.3, 0.4) is 0 Å². The van der Waals surface area contributed by atoms with Crippen LogP contribution in [0, 0.1) is 5.92 Å². The second kappa shape index (κ2) is 4.28. The average Bonchev–Trinajstić information content (AvgIpc) is 2.08. The molecule has 1 aromatic rings. The molecule has 0 saturated heterocycles. The topological polar surface area (TPSA) is 40.5 Å². The molecule has 0 amide bonds. The molecule has 0 aromatic heterocycles. The second-order valence-electron chi connectivity index (χ2n) is 3.59. The zero-order valence-corrected chi connectivity index (χ0v) is 8.07. The lowest BCUT2D eigenvalue weighted by atomic mass is 9.97. The van der Waals surface area contributed by atoms with Crippen LogP contribution < -0.4 is 0 Å². The van der Waals surface area contributed by atoms with Crippen molar-refractivity contribution >= 4 is 0 Å². The molecule has 1 rings (SSSR count). The van der Waals surface area contributed by atoms with E-state index < -0.39 is 0 Å². The number of phenolic OH excluding ortho intramolecular Hbond substituents is 1. The smallest absolute Gasteiger partial charge is 0.115 e. The summed E-state index contributed by atoms with van der Waals surface area (Å²) in [5.74, 6) is 0.540. The Morgan fingerprint density at radius 3 is 2.15 bits per heavy atom. The van der Waals surface area contributed by atoms with E-state index in [0.29, 0.717) is 0 Å². The predicted molar refractivity (Wildman–Crippen MR) is 52.7 cm³/mol. The summed E-state index contributed by atoms with van der Waals surface area (Å²) in [6, 6.07) is 7.11. The van der Waals surface area contributed by atoms with Crippen molar-refractivity contribution in [3.05, 3.63) is 29.8 Å². The number of aliphatic hydroxyl groups is 1. The standard InChI is InChI=1S/C11H16O2/c1-8(9(2)12)7-10-3-5-11(13)6-4-10/h3-6,8-9,12-13H,7H2,1-2H3/t8-,9-/m0/s1. The molecular weight excluding hydrogens is 164 g/mol. The van der Waals surface area contributed by atoms with Crippen molar-refractivity contribution in [1.82, 2.24) is 0 Å². The molecular formula is C11H16O2. The maximum absolute atomic E-state index is 9.29. The highest BCUT2D eigenvalue weighted by Crippen LogP contribution is 2.15. The van der Waals surface area contributed by atoms with Crippen LogP contribution in [-0.4, -0.2) is 16.3 Å². The van der Waals surface area contributed by atoms with Gasteiger partial charge in [0.1, 0.15) is 5.75 Å². The van der Waals surface area contributed by atoms with Crippen molar-refractivity contribution in [1.29, 1.82) is 0 Å². The van der Waals surface area contributed by atoms with Crippen LogP contribution in [0.2, 0.25) is 0 Å². The molecule has 1 aromatic carbocycles. The minimum atomic E-state index is -0.284. The van der Waals surface area contributed by atoms with Gasteiger partial charge >= 0.3 is 0 Å². The summed E-state index contributed by atoms with van der Waals surface area (Å²) < 4.78 is 0. The molecule has 2 atom stereocenters. The van der Waals surface area contributed by atoms with Gasteiger partial charge in [-0.25, -0.2) is 0 Å². The average molecular weight is 180 g/mol. The minimum Gasteiger partial charge on any atom is -0.508 e. The Balaban J connectivity index is 2.59. The fourth-order valence-corrected chi connectivity index (χ4v) is 1.17. The number of benzene rings is 1. The first-order chi connectivity index (χ1) is 6.09. The van der Waals surface area contributed by atoms with E-state index >= 15 is 0 Å². The first-order valence-electron chi connectivity index (χ1n) is 4.55. The lowest BCUT2D eigenvalue weighted by Crippen LogP contribution is -2.15. The summed E-state index contributed by atoms with van der Waals surface area (Å²) in [5, 5.41) is 18.3. The van der Waals surface area contributed by atoms with Crippen LogP contribution in [0.1, 0.15) is 19.4 Å². The maximum Gasteiger partial charge on any atom is 0.115 e. The number of hydrogen-bond acceptors (Lipinski definition) is 2. The predicted octanol–water partition coefficient (Wildman–Crippen LogP) is 1.95. The van der Waals surface area contributed by atoms with Gasteiger partial charge in [-0.15, -0.1) is 0 Å². The molecule has 13 heavy (non-hydrogen) atoms. The van der Waals surface area contributed by atoms with Crippen molar-refractivity contribution in [2.45, 2.75) is 26.4 Å². The van der Waals surface area contributed by atoms with E-state index in [4.69, 9.17) is 5.11 Å². The monoisotopic (exact) mass is 180 g/mol. The summed E-state index contributed by atoms with van der Waals surface area (Å²) in [5.41, 5.74) is 1.14. The third kappa shape index (κ3) is 3.07. The molecule has 0 unspecified atom stereocenters. The molecule has 72 valence electrons. The van der Waals surface area contributed by atoms with Crippen LogP contribution in [0.25, 0.3) is 0 Å². The van der Waals surface area contributed by atoms with Crippen molar-refractivity contribution in [3.8, 4) is 5.75 Å². The number of aliphatic hydroxyl groups excluding tert-OH is 1. The molecule has 0 aliphatic heterocycles. The van der Waals surface area contributed by atoms with Crippen LogP contribution >= 0.6 is 0 Å². The van der Waals surface area contributed by atoms with Gasteiger partial charge in [-0.2, -0.15) is 0 Å². The van der Waals surface area contributed by atoms with Crippen molar-refractivity contribution in [3.63, 3.8) is 0 Å². The Morgan fingerprint density at radius 1 is 1.15 bits per heavy atom. The number of hydrogen-bond donors (Lipinski definition) is 2. The van der Waals surface area contributed by atoms with E-state index in [0.717, 1.165) is 12.0 Å². The summed E-state index contributed by atoms with van der Waals surface area (Å²) in [6.45, 7) is 3.81. The van der Waals surface area contributed by atoms with Gasteiger partial charge in [-0.05, 0) is 37.0 Å². The zero-order chi connectivity index (χ0) is 9.84. The molecule has 0 heterocycles. The molecule has 0 aliphatic carbocycles. The number of rotatable bonds is 3. The van der Waals surface area contributed by atoms with Crippen LogP contribution in [0.4, 0.5) is 0 Å². The Morgan fingerprint density at radius 2 is 1.69 bits per heavy atom.